The Morgan fingerprint density at radius 3 is 2.00 bits per heavy atom. The molecule has 3 aromatic carbocycles. The number of imidazole rings is 1. The first-order valence-corrected chi connectivity index (χ1v) is 23.4. The molecule has 4 atom stereocenters. The Hall–Kier alpha value is -6.18. The van der Waals surface area contributed by atoms with E-state index in [-0.39, 0.29) is 41.0 Å². The number of H-pyrrole nitrogens is 1. The quantitative estimate of drug-likeness (QED) is 0.110. The number of amides is 5. The molecule has 4 N–H and O–H groups in total. The molecule has 344 valence electrons. The Balaban J connectivity index is 1.02. The van der Waals surface area contributed by atoms with Crippen molar-refractivity contribution >= 4 is 35.6 Å². The second-order valence-corrected chi connectivity index (χ2v) is 18.9. The molecule has 1 saturated carbocycles. The molecule has 2 aliphatic heterocycles. The predicted octanol–water partition coefficient (Wildman–Crippen LogP) is 8.52. The third kappa shape index (κ3) is 9.09. The number of nitrogens with one attached hydrogen (secondary N) is 4. The first-order chi connectivity index (χ1) is 31.3. The Morgan fingerprint density at radius 1 is 0.723 bits per heavy atom. The van der Waals surface area contributed by atoms with Crippen molar-refractivity contribution in [1.29, 1.82) is 0 Å². The number of fused-ring (bicyclic) bond motifs is 2. The number of rotatable bonds is 12. The van der Waals surface area contributed by atoms with E-state index < -0.39 is 30.3 Å². The number of carbonyl (C=O) groups is 5. The van der Waals surface area contributed by atoms with Gasteiger partial charge in [-0.25, -0.2) is 14.6 Å². The van der Waals surface area contributed by atoms with Gasteiger partial charge in [0, 0.05) is 18.8 Å². The zero-order chi connectivity index (χ0) is 46.0. The minimum atomic E-state index is -0.800. The van der Waals surface area contributed by atoms with Crippen molar-refractivity contribution in [3.63, 3.8) is 0 Å². The van der Waals surface area contributed by atoms with Gasteiger partial charge in [-0.3, -0.25) is 14.4 Å². The molecule has 1 aromatic heterocycles. The van der Waals surface area contributed by atoms with E-state index in [1.165, 1.54) is 62.2 Å². The fraction of sp³-hybridized carbons (Fsp3) is 0.490. The SMILES string of the molecule is COC(=O)NC(C(=O)N1CCCC1C(=O)Nc1cccc(-c2ccc(-c3ccc(-c4cnc(C5CCCN5C(=O)C(NC(=O)OC)C(C)C)[nH]4)cc3)c3c2CCC32CCCC2)c1)C(C)C. The standard InChI is InChI=1S/C51H63N7O7/c1-30(2)43(55-49(62)64-5)47(60)57-26-10-14-40(57)45-52-29-39(54-45)33-18-16-32(17-19-33)37-21-20-36(38-22-25-51(42(37)38)23-7-8-24-51)34-12-9-13-35(28-34)53-46(59)41-15-11-27-58(41)48(61)44(31(3)4)56-50(63)65-6/h9,12-13,16-21,28-31,40-41,43-44H,7-8,10-11,14-15,22-27H2,1-6H3,(H,52,54)(H,53,59)(H,55,62)(H,56,63). The van der Waals surface area contributed by atoms with Crippen LogP contribution in [0.25, 0.3) is 33.5 Å². The summed E-state index contributed by atoms with van der Waals surface area (Å²) in [5.41, 5.74) is 10.1. The maximum absolute atomic E-state index is 13.8. The summed E-state index contributed by atoms with van der Waals surface area (Å²) in [5, 5.41) is 8.50. The number of nitrogens with zero attached hydrogens (tertiary/aromatic N) is 3. The molecular weight excluding hydrogens is 823 g/mol. The predicted molar refractivity (Wildman–Crippen MR) is 249 cm³/mol. The highest BCUT2D eigenvalue weighted by molar-refractivity contribution is 5.99. The Kier molecular flexibility index (Phi) is 13.3. The molecule has 3 fully saturated rings. The van der Waals surface area contributed by atoms with Gasteiger partial charge in [0.25, 0.3) is 0 Å². The molecule has 4 unspecified atom stereocenters. The molecule has 4 aromatic rings. The van der Waals surface area contributed by atoms with Gasteiger partial charge in [0.1, 0.15) is 23.9 Å². The molecule has 5 amide bonds. The monoisotopic (exact) mass is 885 g/mol. The number of aromatic nitrogens is 2. The normalized spacial score (nSPS) is 19.6. The van der Waals surface area contributed by atoms with Crippen LogP contribution in [-0.4, -0.2) is 95.1 Å². The number of benzene rings is 3. The van der Waals surface area contributed by atoms with Crippen LogP contribution in [0.1, 0.15) is 108 Å². The van der Waals surface area contributed by atoms with Gasteiger partial charge in [0.2, 0.25) is 17.7 Å². The lowest BCUT2D eigenvalue weighted by Gasteiger charge is -2.30. The first kappa shape index (κ1) is 45.4. The molecule has 2 saturated heterocycles. The summed E-state index contributed by atoms with van der Waals surface area (Å²) < 4.78 is 9.56. The van der Waals surface area contributed by atoms with Gasteiger partial charge in [-0.15, -0.1) is 0 Å². The number of ether oxygens (including phenoxy) is 2. The van der Waals surface area contributed by atoms with Crippen LogP contribution in [-0.2, 0) is 35.7 Å². The smallest absolute Gasteiger partial charge is 0.407 e. The van der Waals surface area contributed by atoms with Crippen molar-refractivity contribution in [1.82, 2.24) is 30.4 Å². The molecule has 8 rings (SSSR count). The van der Waals surface area contributed by atoms with Gasteiger partial charge in [0.15, 0.2) is 0 Å². The van der Waals surface area contributed by atoms with Crippen LogP contribution < -0.4 is 16.0 Å². The fourth-order valence-corrected chi connectivity index (χ4v) is 10.9. The van der Waals surface area contributed by atoms with E-state index in [0.29, 0.717) is 31.6 Å². The molecule has 0 radical (unpaired) electrons. The van der Waals surface area contributed by atoms with E-state index >= 15 is 0 Å². The van der Waals surface area contributed by atoms with Crippen LogP contribution in [0.15, 0.2) is 66.9 Å². The van der Waals surface area contributed by atoms with E-state index in [0.717, 1.165) is 53.9 Å². The van der Waals surface area contributed by atoms with E-state index in [1.807, 2.05) is 57.0 Å². The topological polar surface area (TPSA) is 175 Å². The van der Waals surface area contributed by atoms with E-state index in [2.05, 4.69) is 63.4 Å². The van der Waals surface area contributed by atoms with Crippen LogP contribution in [0.4, 0.5) is 15.3 Å². The molecular formula is C51H63N7O7. The lowest BCUT2D eigenvalue weighted by atomic mass is 9.76. The third-order valence-corrected chi connectivity index (χ3v) is 14.3. The molecule has 3 heterocycles. The molecule has 14 nitrogen and oxygen atoms in total. The second kappa shape index (κ2) is 19.1. The lowest BCUT2D eigenvalue weighted by molar-refractivity contribution is -0.139. The average Bonchev–Trinajstić information content (AvgIpc) is 4.18. The summed E-state index contributed by atoms with van der Waals surface area (Å²) >= 11 is 0. The molecule has 14 heteroatoms. The van der Waals surface area contributed by atoms with Gasteiger partial charge < -0.3 is 40.2 Å². The summed E-state index contributed by atoms with van der Waals surface area (Å²) in [7, 11) is 2.56. The fourth-order valence-electron chi connectivity index (χ4n) is 10.9. The van der Waals surface area contributed by atoms with Crippen molar-refractivity contribution in [2.24, 2.45) is 11.8 Å². The zero-order valence-electron chi connectivity index (χ0n) is 38.5. The van der Waals surface area contributed by atoms with Crippen LogP contribution in [0, 0.1) is 11.8 Å². The van der Waals surface area contributed by atoms with Crippen LogP contribution >= 0.6 is 0 Å². The minimum Gasteiger partial charge on any atom is -0.453 e. The highest BCUT2D eigenvalue weighted by Crippen LogP contribution is 2.55. The van der Waals surface area contributed by atoms with E-state index in [9.17, 15) is 24.0 Å². The minimum absolute atomic E-state index is 0.112. The number of methoxy groups -OCH3 is 2. The Bertz CT molecular complexity index is 2420. The van der Waals surface area contributed by atoms with Crippen LogP contribution in [0.5, 0.6) is 0 Å². The van der Waals surface area contributed by atoms with E-state index in [1.54, 1.807) is 4.90 Å². The number of hydrogen-bond donors (Lipinski definition) is 4. The Labute approximate surface area is 381 Å². The number of alkyl carbamates (subject to hydrolysis) is 2. The van der Waals surface area contributed by atoms with Crippen LogP contribution in [0.3, 0.4) is 0 Å². The number of aromatic amines is 1. The number of likely N-dealkylation sites (tertiary alicyclic amines) is 2. The maximum atomic E-state index is 13.8. The lowest BCUT2D eigenvalue weighted by Crippen LogP contribution is -2.54. The van der Waals surface area contributed by atoms with Crippen LogP contribution in [0.2, 0.25) is 0 Å². The van der Waals surface area contributed by atoms with Gasteiger partial charge >= 0.3 is 12.2 Å². The molecule has 65 heavy (non-hydrogen) atoms. The van der Waals surface area contributed by atoms with Crippen molar-refractivity contribution in [3.8, 4) is 33.5 Å². The van der Waals surface area contributed by atoms with Gasteiger partial charge in [-0.05, 0) is 120 Å². The highest BCUT2D eigenvalue weighted by Gasteiger charge is 2.44. The summed E-state index contributed by atoms with van der Waals surface area (Å²) in [6.45, 7) is 8.57. The average molecular weight is 886 g/mol. The maximum Gasteiger partial charge on any atom is 0.407 e. The number of anilines is 1. The van der Waals surface area contributed by atoms with Crippen molar-refractivity contribution in [3.05, 3.63) is 83.8 Å². The molecule has 2 aliphatic carbocycles. The second-order valence-electron chi connectivity index (χ2n) is 18.9. The Morgan fingerprint density at radius 2 is 1.34 bits per heavy atom. The number of hydrogen-bond acceptors (Lipinski definition) is 8. The van der Waals surface area contributed by atoms with Crippen molar-refractivity contribution < 1.29 is 33.4 Å². The summed E-state index contributed by atoms with van der Waals surface area (Å²) in [5.74, 6) is -0.231. The molecule has 1 spiro atoms. The summed E-state index contributed by atoms with van der Waals surface area (Å²) in [6.07, 6.45) is 10.3. The molecule has 4 aliphatic rings. The summed E-state index contributed by atoms with van der Waals surface area (Å²) in [4.78, 5) is 77.0. The molecule has 0 bridgehead atoms. The van der Waals surface area contributed by atoms with E-state index in [4.69, 9.17) is 14.5 Å². The number of carbonyl (C=O) groups excluding carboxylic acids is 5. The van der Waals surface area contributed by atoms with Gasteiger partial charge in [-0.1, -0.05) is 89.1 Å². The largest absolute Gasteiger partial charge is 0.453 e. The third-order valence-electron chi connectivity index (χ3n) is 14.3. The first-order valence-electron chi connectivity index (χ1n) is 23.4. The van der Waals surface area contributed by atoms with Crippen molar-refractivity contribution in [2.45, 2.75) is 121 Å². The highest BCUT2D eigenvalue weighted by atomic mass is 16.5. The van der Waals surface area contributed by atoms with Crippen molar-refractivity contribution in [2.75, 3.05) is 32.6 Å². The van der Waals surface area contributed by atoms with Gasteiger partial charge in [-0.2, -0.15) is 0 Å². The zero-order valence-corrected chi connectivity index (χ0v) is 38.5. The van der Waals surface area contributed by atoms with Gasteiger partial charge in [0.05, 0.1) is 32.2 Å². The summed E-state index contributed by atoms with van der Waals surface area (Å²) in [6, 6.07) is 18.8.